The van der Waals surface area contributed by atoms with Crippen LogP contribution < -0.4 is 5.73 Å². The summed E-state index contributed by atoms with van der Waals surface area (Å²) in [7, 11) is 1.85. The van der Waals surface area contributed by atoms with Crippen molar-refractivity contribution in [2.45, 2.75) is 24.9 Å². The van der Waals surface area contributed by atoms with Gasteiger partial charge in [-0.3, -0.25) is 9.69 Å². The molecule has 0 heterocycles. The number of carbonyl (C=O) groups is 1. The van der Waals surface area contributed by atoms with Crippen molar-refractivity contribution in [1.82, 2.24) is 4.90 Å². The Morgan fingerprint density at radius 3 is 2.33 bits per heavy atom. The minimum atomic E-state index is -0.589. The average Bonchev–Trinajstić information content (AvgIpc) is 2.72. The van der Waals surface area contributed by atoms with Crippen molar-refractivity contribution in [3.8, 4) is 0 Å². The molecule has 0 bridgehead atoms. The molecule has 1 aromatic rings. The zero-order valence-electron chi connectivity index (χ0n) is 10.4. The molecule has 1 aliphatic rings. The third-order valence-electron chi connectivity index (χ3n) is 3.60. The lowest BCUT2D eigenvalue weighted by Gasteiger charge is -2.29. The Bertz CT molecular complexity index is 400. The number of aliphatic hydroxyl groups is 1. The van der Waals surface area contributed by atoms with Gasteiger partial charge in [0.2, 0.25) is 5.91 Å². The molecule has 100 valence electrons. The van der Waals surface area contributed by atoms with E-state index in [9.17, 15) is 9.90 Å². The lowest BCUT2D eigenvalue weighted by Crippen LogP contribution is -2.50. The second-order valence-corrected chi connectivity index (χ2v) is 4.60. The number of likely N-dealkylation sites (N-methyl/N-ethyl adjacent to an activating group) is 1. The summed E-state index contributed by atoms with van der Waals surface area (Å²) in [4.78, 5) is 13.1. The Morgan fingerprint density at radius 2 is 1.94 bits per heavy atom. The summed E-state index contributed by atoms with van der Waals surface area (Å²) in [6.07, 6.45) is 1.83. The van der Waals surface area contributed by atoms with E-state index >= 15 is 0 Å². The van der Waals surface area contributed by atoms with Gasteiger partial charge in [0.1, 0.15) is 6.04 Å². The van der Waals surface area contributed by atoms with Crippen molar-refractivity contribution < 1.29 is 9.90 Å². The molecule has 0 aliphatic heterocycles. The van der Waals surface area contributed by atoms with E-state index in [-0.39, 0.29) is 25.1 Å². The summed E-state index contributed by atoms with van der Waals surface area (Å²) in [5.41, 5.74) is 7.93. The number of halogens is 1. The molecule has 0 spiro atoms. The van der Waals surface area contributed by atoms with Gasteiger partial charge in [-0.15, -0.1) is 12.4 Å². The largest absolute Gasteiger partial charge is 0.394 e. The van der Waals surface area contributed by atoms with Crippen molar-refractivity contribution in [1.29, 1.82) is 0 Å². The SMILES string of the molecule is CN(C1Cc2ccccc2C1)[C@@H](CO)C(N)=O.Cl. The first-order chi connectivity index (χ1) is 8.13. The van der Waals surface area contributed by atoms with Gasteiger partial charge in [0.25, 0.3) is 0 Å². The van der Waals surface area contributed by atoms with Crippen molar-refractivity contribution >= 4 is 18.3 Å². The summed E-state index contributed by atoms with van der Waals surface area (Å²) in [6.45, 7) is -0.224. The molecule has 1 aromatic carbocycles. The van der Waals surface area contributed by atoms with Gasteiger partial charge >= 0.3 is 0 Å². The number of hydrogen-bond donors (Lipinski definition) is 2. The molecule has 3 N–H and O–H groups in total. The second-order valence-electron chi connectivity index (χ2n) is 4.60. The fourth-order valence-corrected chi connectivity index (χ4v) is 2.50. The van der Waals surface area contributed by atoms with Crippen LogP contribution >= 0.6 is 12.4 Å². The molecule has 1 amide bonds. The maximum absolute atomic E-state index is 11.2. The Kier molecular flexibility index (Phi) is 5.14. The first kappa shape index (κ1) is 15.0. The van der Waals surface area contributed by atoms with Crippen LogP contribution in [0, 0.1) is 0 Å². The number of benzene rings is 1. The molecule has 0 unspecified atom stereocenters. The Balaban J connectivity index is 0.00000162. The van der Waals surface area contributed by atoms with Gasteiger partial charge in [0, 0.05) is 6.04 Å². The lowest BCUT2D eigenvalue weighted by atomic mass is 10.1. The summed E-state index contributed by atoms with van der Waals surface area (Å²) in [5.74, 6) is -0.467. The standard InChI is InChI=1S/C13H18N2O2.ClH/c1-15(12(8-16)13(14)17)11-6-9-4-2-3-5-10(9)7-11;/h2-5,11-12,16H,6-8H2,1H3,(H2,14,17);1H/t12-;/m0./s1. The van der Waals surface area contributed by atoms with Gasteiger partial charge in [-0.05, 0) is 31.0 Å². The average molecular weight is 271 g/mol. The first-order valence-corrected chi connectivity index (χ1v) is 5.82. The van der Waals surface area contributed by atoms with Crippen molar-refractivity contribution in [3.05, 3.63) is 35.4 Å². The molecule has 0 aromatic heterocycles. The van der Waals surface area contributed by atoms with E-state index in [1.54, 1.807) is 0 Å². The predicted octanol–water partition coefficient (Wildman–Crippen LogP) is 0.354. The monoisotopic (exact) mass is 270 g/mol. The van der Waals surface area contributed by atoms with Crippen molar-refractivity contribution in [3.63, 3.8) is 0 Å². The number of primary amides is 1. The van der Waals surface area contributed by atoms with Crippen LogP contribution in [0.25, 0.3) is 0 Å². The number of rotatable bonds is 4. The number of amides is 1. The Hall–Kier alpha value is -1.10. The van der Waals surface area contributed by atoms with E-state index < -0.39 is 11.9 Å². The summed E-state index contributed by atoms with van der Waals surface area (Å²) in [6, 6.07) is 7.94. The molecule has 4 nitrogen and oxygen atoms in total. The molecular formula is C13H19ClN2O2. The van der Waals surface area contributed by atoms with Crippen molar-refractivity contribution in [2.24, 2.45) is 5.73 Å². The smallest absolute Gasteiger partial charge is 0.237 e. The van der Waals surface area contributed by atoms with E-state index in [0.717, 1.165) is 12.8 Å². The number of carbonyl (C=O) groups excluding carboxylic acids is 1. The Morgan fingerprint density at radius 1 is 1.44 bits per heavy atom. The van der Waals surface area contributed by atoms with Gasteiger partial charge in [-0.1, -0.05) is 24.3 Å². The number of nitrogens with zero attached hydrogens (tertiary/aromatic N) is 1. The van der Waals surface area contributed by atoms with Crippen LogP contribution in [-0.4, -0.2) is 41.7 Å². The maximum atomic E-state index is 11.2. The second kappa shape index (κ2) is 6.18. The lowest BCUT2D eigenvalue weighted by molar-refractivity contribution is -0.124. The number of nitrogens with two attached hydrogens (primary N) is 1. The highest BCUT2D eigenvalue weighted by atomic mass is 35.5. The quantitative estimate of drug-likeness (QED) is 0.830. The van der Waals surface area contributed by atoms with Gasteiger partial charge in [0.05, 0.1) is 6.61 Å². The van der Waals surface area contributed by atoms with Gasteiger partial charge in [-0.25, -0.2) is 0 Å². The van der Waals surface area contributed by atoms with Gasteiger partial charge < -0.3 is 10.8 Å². The minimum absolute atomic E-state index is 0. The number of hydrogen-bond acceptors (Lipinski definition) is 3. The highest BCUT2D eigenvalue weighted by molar-refractivity contribution is 5.85. The molecule has 1 aliphatic carbocycles. The molecule has 0 saturated carbocycles. The van der Waals surface area contributed by atoms with E-state index in [0.29, 0.717) is 0 Å². The molecule has 2 rings (SSSR count). The van der Waals surface area contributed by atoms with Crippen LogP contribution in [0.3, 0.4) is 0 Å². The summed E-state index contributed by atoms with van der Waals surface area (Å²) < 4.78 is 0. The Labute approximate surface area is 113 Å². The maximum Gasteiger partial charge on any atom is 0.237 e. The third-order valence-corrected chi connectivity index (χ3v) is 3.60. The zero-order chi connectivity index (χ0) is 12.4. The van der Waals surface area contributed by atoms with Crippen LogP contribution in [-0.2, 0) is 17.6 Å². The van der Waals surface area contributed by atoms with Crippen LogP contribution in [0.2, 0.25) is 0 Å². The number of aliphatic hydroxyl groups excluding tert-OH is 1. The van der Waals surface area contributed by atoms with E-state index in [4.69, 9.17) is 5.73 Å². The van der Waals surface area contributed by atoms with Crippen LogP contribution in [0.15, 0.2) is 24.3 Å². The fraction of sp³-hybridized carbons (Fsp3) is 0.462. The normalized spacial score (nSPS) is 16.2. The zero-order valence-corrected chi connectivity index (χ0v) is 11.2. The minimum Gasteiger partial charge on any atom is -0.394 e. The molecule has 0 fully saturated rings. The molecule has 5 heteroatoms. The molecule has 18 heavy (non-hydrogen) atoms. The molecular weight excluding hydrogens is 252 g/mol. The fourth-order valence-electron chi connectivity index (χ4n) is 2.50. The van der Waals surface area contributed by atoms with E-state index in [1.165, 1.54) is 11.1 Å². The topological polar surface area (TPSA) is 66.6 Å². The number of fused-ring (bicyclic) bond motifs is 1. The molecule has 0 radical (unpaired) electrons. The molecule has 1 atom stereocenters. The summed E-state index contributed by atoms with van der Waals surface area (Å²) in [5, 5.41) is 9.20. The summed E-state index contributed by atoms with van der Waals surface area (Å²) >= 11 is 0. The third kappa shape index (κ3) is 2.83. The first-order valence-electron chi connectivity index (χ1n) is 5.82. The van der Waals surface area contributed by atoms with Crippen molar-refractivity contribution in [2.75, 3.05) is 13.7 Å². The highest BCUT2D eigenvalue weighted by Crippen LogP contribution is 2.25. The predicted molar refractivity (Wildman–Crippen MR) is 72.7 cm³/mol. The van der Waals surface area contributed by atoms with Crippen LogP contribution in [0.4, 0.5) is 0 Å². The highest BCUT2D eigenvalue weighted by Gasteiger charge is 2.30. The van der Waals surface area contributed by atoms with Crippen LogP contribution in [0.1, 0.15) is 11.1 Å². The van der Waals surface area contributed by atoms with Gasteiger partial charge in [-0.2, -0.15) is 0 Å². The van der Waals surface area contributed by atoms with E-state index in [2.05, 4.69) is 12.1 Å². The molecule has 0 saturated heterocycles. The van der Waals surface area contributed by atoms with Gasteiger partial charge in [0.15, 0.2) is 0 Å². The van der Waals surface area contributed by atoms with E-state index in [1.807, 2.05) is 24.1 Å². The van der Waals surface area contributed by atoms with Crippen LogP contribution in [0.5, 0.6) is 0 Å².